The van der Waals surface area contributed by atoms with Gasteiger partial charge in [-0.3, -0.25) is 4.79 Å². The molecule has 0 bridgehead atoms. The summed E-state index contributed by atoms with van der Waals surface area (Å²) in [5.41, 5.74) is 1.61. The number of para-hydroxylation sites is 1. The average Bonchev–Trinajstić information content (AvgIpc) is 2.37. The van der Waals surface area contributed by atoms with E-state index in [-0.39, 0.29) is 0 Å². The lowest BCUT2D eigenvalue weighted by atomic mass is 10.2. The average molecular weight is 277 g/mol. The molecule has 0 fully saturated rings. The fraction of sp³-hybridized carbons (Fsp3) is 0.286. The number of carboxylic acids is 1. The largest absolute Gasteiger partial charge is 0.494 e. The molecule has 0 aliphatic heterocycles. The third-order valence-corrected chi connectivity index (χ3v) is 3.91. The first kappa shape index (κ1) is 13.7. The van der Waals surface area contributed by atoms with Crippen LogP contribution in [0.15, 0.2) is 29.2 Å². The van der Waals surface area contributed by atoms with Crippen LogP contribution in [0.2, 0.25) is 0 Å². The second-order valence-corrected chi connectivity index (χ2v) is 5.60. The minimum absolute atomic E-state index is 0.504. The van der Waals surface area contributed by atoms with E-state index in [1.165, 1.54) is 11.8 Å². The maximum absolute atomic E-state index is 11.0. The molecule has 4 nitrogen and oxygen atoms in total. The lowest BCUT2D eigenvalue weighted by Crippen LogP contribution is -2.11. The third kappa shape index (κ3) is 2.81. The molecule has 0 aliphatic carbocycles. The minimum atomic E-state index is -0.824. The third-order valence-electron chi connectivity index (χ3n) is 2.76. The molecular formula is C14H15NO3S. The van der Waals surface area contributed by atoms with E-state index in [0.717, 1.165) is 21.5 Å². The quantitative estimate of drug-likeness (QED) is 0.870. The molecule has 2 aromatic rings. The van der Waals surface area contributed by atoms with E-state index in [4.69, 9.17) is 9.84 Å². The van der Waals surface area contributed by atoms with E-state index in [9.17, 15) is 4.79 Å². The number of thioether (sulfide) groups is 1. The SMILES string of the molecule is COc1cccc2c(SC(C)C(=O)O)cc(C)nc12. The maximum Gasteiger partial charge on any atom is 0.316 e. The Morgan fingerprint density at radius 1 is 1.47 bits per heavy atom. The van der Waals surface area contributed by atoms with Gasteiger partial charge in [-0.25, -0.2) is 4.98 Å². The molecule has 1 aromatic carbocycles. The van der Waals surface area contributed by atoms with Crippen LogP contribution in [0, 0.1) is 6.92 Å². The highest BCUT2D eigenvalue weighted by Gasteiger charge is 2.16. The van der Waals surface area contributed by atoms with Crippen LogP contribution < -0.4 is 4.74 Å². The van der Waals surface area contributed by atoms with Crippen molar-refractivity contribution in [1.29, 1.82) is 0 Å². The zero-order valence-electron chi connectivity index (χ0n) is 11.0. The molecule has 0 aliphatic rings. The van der Waals surface area contributed by atoms with Crippen molar-refractivity contribution < 1.29 is 14.6 Å². The van der Waals surface area contributed by atoms with Gasteiger partial charge in [0.15, 0.2) is 0 Å². The van der Waals surface area contributed by atoms with E-state index in [1.54, 1.807) is 14.0 Å². The van der Waals surface area contributed by atoms with Crippen LogP contribution in [-0.2, 0) is 4.79 Å². The van der Waals surface area contributed by atoms with Gasteiger partial charge in [-0.15, -0.1) is 11.8 Å². The predicted molar refractivity (Wildman–Crippen MR) is 76.0 cm³/mol. The minimum Gasteiger partial charge on any atom is -0.494 e. The molecule has 0 amide bonds. The maximum atomic E-state index is 11.0. The molecule has 19 heavy (non-hydrogen) atoms. The van der Waals surface area contributed by atoms with Crippen LogP contribution in [0.3, 0.4) is 0 Å². The molecule has 1 aromatic heterocycles. The molecule has 0 radical (unpaired) electrons. The van der Waals surface area contributed by atoms with Gasteiger partial charge in [0.25, 0.3) is 0 Å². The number of ether oxygens (including phenoxy) is 1. The Balaban J connectivity index is 2.57. The number of hydrogen-bond donors (Lipinski definition) is 1. The number of benzene rings is 1. The normalized spacial score (nSPS) is 12.4. The summed E-state index contributed by atoms with van der Waals surface area (Å²) in [5.74, 6) is -0.124. The summed E-state index contributed by atoms with van der Waals surface area (Å²) in [6.07, 6.45) is 0. The van der Waals surface area contributed by atoms with Crippen LogP contribution in [-0.4, -0.2) is 28.4 Å². The van der Waals surface area contributed by atoms with Crippen molar-refractivity contribution in [1.82, 2.24) is 4.98 Å². The molecule has 100 valence electrons. The molecule has 0 spiro atoms. The standard InChI is InChI=1S/C14H15NO3S/c1-8-7-12(19-9(2)14(16)17)10-5-4-6-11(18-3)13(10)15-8/h4-7,9H,1-3H3,(H,16,17). The first-order chi connectivity index (χ1) is 9.02. The number of fused-ring (bicyclic) bond motifs is 1. The number of methoxy groups -OCH3 is 1. The van der Waals surface area contributed by atoms with Gasteiger partial charge in [-0.05, 0) is 26.0 Å². The van der Waals surface area contributed by atoms with E-state index in [1.807, 2.05) is 31.2 Å². The fourth-order valence-corrected chi connectivity index (χ4v) is 2.83. The summed E-state index contributed by atoms with van der Waals surface area (Å²) < 4.78 is 5.30. The highest BCUT2D eigenvalue weighted by Crippen LogP contribution is 2.34. The summed E-state index contributed by atoms with van der Waals surface area (Å²) in [4.78, 5) is 16.4. The van der Waals surface area contributed by atoms with Crippen molar-refractivity contribution >= 4 is 28.6 Å². The molecule has 1 heterocycles. The summed E-state index contributed by atoms with van der Waals surface area (Å²) in [6, 6.07) is 7.57. The Bertz CT molecular complexity index is 627. The Morgan fingerprint density at radius 2 is 2.21 bits per heavy atom. The number of aliphatic carboxylic acids is 1. The number of hydrogen-bond acceptors (Lipinski definition) is 4. The highest BCUT2D eigenvalue weighted by atomic mass is 32.2. The Labute approximate surface area is 115 Å². The zero-order valence-corrected chi connectivity index (χ0v) is 11.8. The van der Waals surface area contributed by atoms with E-state index in [2.05, 4.69) is 4.98 Å². The first-order valence-corrected chi connectivity index (χ1v) is 6.74. The summed E-state index contributed by atoms with van der Waals surface area (Å²) in [7, 11) is 1.60. The molecule has 1 atom stereocenters. The summed E-state index contributed by atoms with van der Waals surface area (Å²) in [6.45, 7) is 3.57. The molecule has 0 saturated heterocycles. The molecule has 0 saturated carbocycles. The second kappa shape index (κ2) is 5.48. The Kier molecular flexibility index (Phi) is 3.95. The number of aromatic nitrogens is 1. The van der Waals surface area contributed by atoms with Gasteiger partial charge < -0.3 is 9.84 Å². The lowest BCUT2D eigenvalue weighted by Gasteiger charge is -2.12. The number of aryl methyl sites for hydroxylation is 1. The van der Waals surface area contributed by atoms with Crippen molar-refractivity contribution in [3.05, 3.63) is 30.0 Å². The van der Waals surface area contributed by atoms with Gasteiger partial charge in [0.1, 0.15) is 16.5 Å². The van der Waals surface area contributed by atoms with Gasteiger partial charge in [-0.1, -0.05) is 12.1 Å². The van der Waals surface area contributed by atoms with Crippen LogP contribution in [0.5, 0.6) is 5.75 Å². The van der Waals surface area contributed by atoms with Crippen molar-refractivity contribution in [3.63, 3.8) is 0 Å². The molecular weight excluding hydrogens is 262 g/mol. The van der Waals surface area contributed by atoms with Gasteiger partial charge in [-0.2, -0.15) is 0 Å². The lowest BCUT2D eigenvalue weighted by molar-refractivity contribution is -0.136. The Hall–Kier alpha value is -1.75. The van der Waals surface area contributed by atoms with E-state index in [0.29, 0.717) is 5.75 Å². The van der Waals surface area contributed by atoms with Gasteiger partial charge in [0.05, 0.1) is 7.11 Å². The number of pyridine rings is 1. The van der Waals surface area contributed by atoms with Crippen molar-refractivity contribution in [3.8, 4) is 5.75 Å². The van der Waals surface area contributed by atoms with Crippen LogP contribution in [0.25, 0.3) is 10.9 Å². The summed E-state index contributed by atoms with van der Waals surface area (Å²) >= 11 is 1.32. The predicted octanol–water partition coefficient (Wildman–Crippen LogP) is 3.12. The van der Waals surface area contributed by atoms with Crippen molar-refractivity contribution in [2.45, 2.75) is 24.0 Å². The number of nitrogens with zero attached hydrogens (tertiary/aromatic N) is 1. The number of carbonyl (C=O) groups is 1. The van der Waals surface area contributed by atoms with Gasteiger partial charge in [0.2, 0.25) is 0 Å². The molecule has 1 unspecified atom stereocenters. The topological polar surface area (TPSA) is 59.4 Å². The molecule has 1 N–H and O–H groups in total. The van der Waals surface area contributed by atoms with Gasteiger partial charge >= 0.3 is 5.97 Å². The van der Waals surface area contributed by atoms with Crippen LogP contribution in [0.1, 0.15) is 12.6 Å². The zero-order chi connectivity index (χ0) is 14.0. The molecule has 2 rings (SSSR count). The van der Waals surface area contributed by atoms with Crippen LogP contribution >= 0.6 is 11.8 Å². The fourth-order valence-electron chi connectivity index (χ4n) is 1.82. The van der Waals surface area contributed by atoms with Crippen molar-refractivity contribution in [2.75, 3.05) is 7.11 Å². The van der Waals surface area contributed by atoms with Crippen molar-refractivity contribution in [2.24, 2.45) is 0 Å². The summed E-state index contributed by atoms with van der Waals surface area (Å²) in [5, 5.41) is 9.44. The van der Waals surface area contributed by atoms with E-state index < -0.39 is 11.2 Å². The second-order valence-electron chi connectivity index (χ2n) is 4.22. The van der Waals surface area contributed by atoms with Crippen LogP contribution in [0.4, 0.5) is 0 Å². The smallest absolute Gasteiger partial charge is 0.316 e. The first-order valence-electron chi connectivity index (χ1n) is 5.86. The Morgan fingerprint density at radius 3 is 2.84 bits per heavy atom. The molecule has 5 heteroatoms. The number of rotatable bonds is 4. The monoisotopic (exact) mass is 277 g/mol. The van der Waals surface area contributed by atoms with Gasteiger partial charge in [0, 0.05) is 16.0 Å². The highest BCUT2D eigenvalue weighted by molar-refractivity contribution is 8.00. The number of carboxylic acid groups (broad SMARTS) is 1. The van der Waals surface area contributed by atoms with E-state index >= 15 is 0 Å².